The topological polar surface area (TPSA) is 21.3 Å². The predicted octanol–water partition coefficient (Wildman–Crippen LogP) is 2.75. The van der Waals surface area contributed by atoms with Crippen molar-refractivity contribution in [2.24, 2.45) is 0 Å². The van der Waals surface area contributed by atoms with E-state index >= 15 is 0 Å². The highest BCUT2D eigenvalue weighted by atomic mass is 16.5. The van der Waals surface area contributed by atoms with Crippen molar-refractivity contribution in [3.63, 3.8) is 0 Å². The van der Waals surface area contributed by atoms with Gasteiger partial charge in [0, 0.05) is 6.04 Å². The van der Waals surface area contributed by atoms with E-state index < -0.39 is 0 Å². The second-order valence-electron chi connectivity index (χ2n) is 4.54. The van der Waals surface area contributed by atoms with E-state index in [9.17, 15) is 0 Å². The molecule has 0 spiro atoms. The average molecular weight is 199 g/mol. The molecule has 0 aliphatic carbocycles. The second kappa shape index (κ2) is 7.02. The molecule has 0 aliphatic heterocycles. The molecule has 0 aromatic heterocycles. The van der Waals surface area contributed by atoms with E-state index in [2.05, 4.69) is 39.6 Å². The maximum absolute atomic E-state index is 5.74. The SMILES string of the molecule is C=CCCC(COC(C)(C)C)NCC. The third kappa shape index (κ3) is 8.27. The van der Waals surface area contributed by atoms with Crippen molar-refractivity contribution >= 4 is 0 Å². The first-order valence-corrected chi connectivity index (χ1v) is 5.48. The fraction of sp³-hybridized carbons (Fsp3) is 0.833. The van der Waals surface area contributed by atoms with Gasteiger partial charge in [-0.15, -0.1) is 6.58 Å². The van der Waals surface area contributed by atoms with Crippen LogP contribution in [0, 0.1) is 0 Å². The molecule has 1 N–H and O–H groups in total. The van der Waals surface area contributed by atoms with Crippen LogP contribution in [0.5, 0.6) is 0 Å². The fourth-order valence-corrected chi connectivity index (χ4v) is 1.20. The molecule has 0 saturated carbocycles. The summed E-state index contributed by atoms with van der Waals surface area (Å²) in [5.74, 6) is 0. The minimum Gasteiger partial charge on any atom is -0.374 e. The Morgan fingerprint density at radius 2 is 2.07 bits per heavy atom. The molecule has 2 heteroatoms. The van der Waals surface area contributed by atoms with Crippen LogP contribution in [0.25, 0.3) is 0 Å². The normalized spacial score (nSPS) is 14.0. The van der Waals surface area contributed by atoms with Gasteiger partial charge < -0.3 is 10.1 Å². The van der Waals surface area contributed by atoms with E-state index in [1.807, 2.05) is 6.08 Å². The smallest absolute Gasteiger partial charge is 0.0626 e. The van der Waals surface area contributed by atoms with E-state index in [1.165, 1.54) is 0 Å². The Hall–Kier alpha value is -0.340. The van der Waals surface area contributed by atoms with Crippen molar-refractivity contribution in [3.8, 4) is 0 Å². The monoisotopic (exact) mass is 199 g/mol. The molecule has 1 atom stereocenters. The van der Waals surface area contributed by atoms with Gasteiger partial charge in [0.15, 0.2) is 0 Å². The summed E-state index contributed by atoms with van der Waals surface area (Å²) in [5, 5.41) is 3.42. The van der Waals surface area contributed by atoms with Crippen molar-refractivity contribution < 1.29 is 4.74 Å². The third-order valence-electron chi connectivity index (χ3n) is 1.93. The largest absolute Gasteiger partial charge is 0.374 e. The van der Waals surface area contributed by atoms with Crippen molar-refractivity contribution in [2.45, 2.75) is 52.2 Å². The lowest BCUT2D eigenvalue weighted by molar-refractivity contribution is -0.0150. The van der Waals surface area contributed by atoms with Crippen LogP contribution in [0.4, 0.5) is 0 Å². The fourth-order valence-electron chi connectivity index (χ4n) is 1.20. The molecule has 0 rings (SSSR count). The van der Waals surface area contributed by atoms with Crippen LogP contribution in [0.1, 0.15) is 40.5 Å². The quantitative estimate of drug-likeness (QED) is 0.637. The summed E-state index contributed by atoms with van der Waals surface area (Å²) < 4.78 is 5.74. The minimum atomic E-state index is -0.0398. The maximum atomic E-state index is 5.74. The number of hydrogen-bond donors (Lipinski definition) is 1. The number of nitrogens with one attached hydrogen (secondary N) is 1. The van der Waals surface area contributed by atoms with Crippen LogP contribution in [0.3, 0.4) is 0 Å². The Kier molecular flexibility index (Phi) is 6.85. The summed E-state index contributed by atoms with van der Waals surface area (Å²) in [5.41, 5.74) is -0.0398. The van der Waals surface area contributed by atoms with E-state index in [4.69, 9.17) is 4.74 Å². The molecule has 0 radical (unpaired) electrons. The average Bonchev–Trinajstić information content (AvgIpc) is 2.08. The van der Waals surface area contributed by atoms with Crippen molar-refractivity contribution in [1.82, 2.24) is 5.32 Å². The molecule has 0 saturated heterocycles. The molecule has 0 bridgehead atoms. The molecule has 84 valence electrons. The summed E-state index contributed by atoms with van der Waals surface area (Å²) in [6.45, 7) is 13.9. The lowest BCUT2D eigenvalue weighted by atomic mass is 10.1. The van der Waals surface area contributed by atoms with Crippen molar-refractivity contribution in [1.29, 1.82) is 0 Å². The van der Waals surface area contributed by atoms with E-state index in [1.54, 1.807) is 0 Å². The van der Waals surface area contributed by atoms with Crippen LogP contribution < -0.4 is 5.32 Å². The van der Waals surface area contributed by atoms with Gasteiger partial charge in [0.2, 0.25) is 0 Å². The molecule has 1 unspecified atom stereocenters. The molecule has 2 nitrogen and oxygen atoms in total. The van der Waals surface area contributed by atoms with Gasteiger partial charge in [-0.3, -0.25) is 0 Å². The first-order valence-electron chi connectivity index (χ1n) is 5.48. The third-order valence-corrected chi connectivity index (χ3v) is 1.93. The van der Waals surface area contributed by atoms with E-state index in [-0.39, 0.29) is 5.60 Å². The Labute approximate surface area is 88.7 Å². The predicted molar refractivity (Wildman–Crippen MR) is 62.6 cm³/mol. The van der Waals surface area contributed by atoms with Crippen molar-refractivity contribution in [2.75, 3.05) is 13.2 Å². The van der Waals surface area contributed by atoms with Gasteiger partial charge in [-0.25, -0.2) is 0 Å². The maximum Gasteiger partial charge on any atom is 0.0626 e. The Balaban J connectivity index is 3.77. The van der Waals surface area contributed by atoms with Crippen molar-refractivity contribution in [3.05, 3.63) is 12.7 Å². The van der Waals surface area contributed by atoms with Gasteiger partial charge in [-0.05, 0) is 40.2 Å². The summed E-state index contributed by atoms with van der Waals surface area (Å²) >= 11 is 0. The number of allylic oxidation sites excluding steroid dienone is 1. The molecule has 0 amide bonds. The van der Waals surface area contributed by atoms with Crippen LogP contribution >= 0.6 is 0 Å². The zero-order chi connectivity index (χ0) is 11.0. The first-order chi connectivity index (χ1) is 6.49. The number of ether oxygens (including phenoxy) is 1. The molecular formula is C12H25NO. The Morgan fingerprint density at radius 3 is 2.50 bits per heavy atom. The molecule has 0 aromatic rings. The first kappa shape index (κ1) is 13.7. The highest BCUT2D eigenvalue weighted by Gasteiger charge is 2.13. The zero-order valence-corrected chi connectivity index (χ0v) is 10.1. The lowest BCUT2D eigenvalue weighted by Gasteiger charge is -2.24. The van der Waals surface area contributed by atoms with Crippen LogP contribution in [0.15, 0.2) is 12.7 Å². The standard InChI is InChI=1S/C12H25NO/c1-6-8-9-11(13-7-2)10-14-12(3,4)5/h6,11,13H,1,7-10H2,2-5H3. The number of likely N-dealkylation sites (N-methyl/N-ethyl adjacent to an activating group) is 1. The molecule has 0 aliphatic rings. The van der Waals surface area contributed by atoms with Gasteiger partial charge in [-0.1, -0.05) is 13.0 Å². The summed E-state index contributed by atoms with van der Waals surface area (Å²) in [6.07, 6.45) is 4.11. The second-order valence-corrected chi connectivity index (χ2v) is 4.54. The molecule has 0 heterocycles. The Morgan fingerprint density at radius 1 is 1.43 bits per heavy atom. The van der Waals surface area contributed by atoms with E-state index in [0.29, 0.717) is 6.04 Å². The number of hydrogen-bond acceptors (Lipinski definition) is 2. The highest BCUT2D eigenvalue weighted by Crippen LogP contribution is 2.09. The molecular weight excluding hydrogens is 174 g/mol. The van der Waals surface area contributed by atoms with E-state index in [0.717, 1.165) is 26.0 Å². The Bertz CT molecular complexity index is 149. The number of rotatable bonds is 7. The molecule has 0 fully saturated rings. The van der Waals surface area contributed by atoms with Gasteiger partial charge >= 0.3 is 0 Å². The van der Waals surface area contributed by atoms with Crippen LogP contribution in [-0.4, -0.2) is 24.8 Å². The van der Waals surface area contributed by atoms with Gasteiger partial charge in [0.25, 0.3) is 0 Å². The summed E-state index contributed by atoms with van der Waals surface area (Å²) in [4.78, 5) is 0. The minimum absolute atomic E-state index is 0.0398. The van der Waals surface area contributed by atoms with Gasteiger partial charge in [0.05, 0.1) is 12.2 Å². The lowest BCUT2D eigenvalue weighted by Crippen LogP contribution is -2.36. The summed E-state index contributed by atoms with van der Waals surface area (Å²) in [6, 6.07) is 0.456. The van der Waals surface area contributed by atoms with Crippen LogP contribution in [0.2, 0.25) is 0 Å². The molecule has 14 heavy (non-hydrogen) atoms. The van der Waals surface area contributed by atoms with Crippen LogP contribution in [-0.2, 0) is 4.74 Å². The highest BCUT2D eigenvalue weighted by molar-refractivity contribution is 4.74. The van der Waals surface area contributed by atoms with Gasteiger partial charge in [-0.2, -0.15) is 0 Å². The molecule has 0 aromatic carbocycles. The zero-order valence-electron chi connectivity index (χ0n) is 10.1. The van der Waals surface area contributed by atoms with Gasteiger partial charge in [0.1, 0.15) is 0 Å². The summed E-state index contributed by atoms with van der Waals surface area (Å²) in [7, 11) is 0.